The Labute approximate surface area is 339 Å². The van der Waals surface area contributed by atoms with Crippen LogP contribution in [-0.2, 0) is 16.2 Å². The van der Waals surface area contributed by atoms with Gasteiger partial charge >= 0.3 is 0 Å². The summed E-state index contributed by atoms with van der Waals surface area (Å²) in [6.07, 6.45) is 0. The zero-order valence-corrected chi connectivity index (χ0v) is 34.3. The lowest BCUT2D eigenvalue weighted by molar-refractivity contribution is 0.590. The molecular formula is C55H45NS. The number of hydrogen-bond acceptors (Lipinski definition) is 2. The number of benzene rings is 8. The molecule has 0 amide bonds. The van der Waals surface area contributed by atoms with Crippen LogP contribution in [0.3, 0.4) is 0 Å². The van der Waals surface area contributed by atoms with Gasteiger partial charge in [-0.25, -0.2) is 0 Å². The zero-order chi connectivity index (χ0) is 38.8. The number of hydrogen-bond donors (Lipinski definition) is 0. The monoisotopic (exact) mass is 751 g/mol. The van der Waals surface area contributed by atoms with Crippen LogP contribution in [-0.4, -0.2) is 0 Å². The molecule has 276 valence electrons. The predicted octanol–water partition coefficient (Wildman–Crippen LogP) is 15.6. The van der Waals surface area contributed by atoms with Crippen LogP contribution in [0.2, 0.25) is 0 Å². The largest absolute Gasteiger partial charge is 0.310 e. The van der Waals surface area contributed by atoms with Crippen LogP contribution in [0.5, 0.6) is 0 Å². The molecule has 0 unspecified atom stereocenters. The minimum Gasteiger partial charge on any atom is -0.310 e. The molecule has 0 atom stereocenters. The first kappa shape index (κ1) is 34.3. The van der Waals surface area contributed by atoms with Gasteiger partial charge in [0.2, 0.25) is 0 Å². The molecule has 0 saturated heterocycles. The van der Waals surface area contributed by atoms with Crippen molar-refractivity contribution in [2.75, 3.05) is 4.90 Å². The molecule has 1 heterocycles. The maximum Gasteiger partial charge on any atom is 0.0727 e. The van der Waals surface area contributed by atoms with E-state index in [0.29, 0.717) is 0 Å². The van der Waals surface area contributed by atoms with Gasteiger partial charge in [-0.05, 0) is 108 Å². The molecule has 0 saturated carbocycles. The Kier molecular flexibility index (Phi) is 7.24. The van der Waals surface area contributed by atoms with E-state index in [1.807, 2.05) is 11.3 Å². The van der Waals surface area contributed by atoms with Crippen molar-refractivity contribution in [3.05, 3.63) is 197 Å². The molecule has 2 aliphatic rings. The summed E-state index contributed by atoms with van der Waals surface area (Å²) in [6.45, 7) is 13.8. The van der Waals surface area contributed by atoms with Crippen LogP contribution in [0, 0.1) is 0 Å². The van der Waals surface area contributed by atoms with Gasteiger partial charge < -0.3 is 4.90 Å². The van der Waals surface area contributed by atoms with Crippen LogP contribution in [0.15, 0.2) is 164 Å². The molecular weight excluding hydrogens is 707 g/mol. The van der Waals surface area contributed by atoms with Crippen LogP contribution in [0.25, 0.3) is 53.2 Å². The first-order chi connectivity index (χ1) is 27.5. The summed E-state index contributed by atoms with van der Waals surface area (Å²) in [5.74, 6) is 0. The Balaban J connectivity index is 1.32. The fourth-order valence-corrected chi connectivity index (χ4v) is 11.3. The average molecular weight is 752 g/mol. The van der Waals surface area contributed by atoms with Crippen molar-refractivity contribution < 1.29 is 0 Å². The van der Waals surface area contributed by atoms with Crippen molar-refractivity contribution in [2.45, 2.75) is 57.8 Å². The highest BCUT2D eigenvalue weighted by Crippen LogP contribution is 2.67. The van der Waals surface area contributed by atoms with Crippen molar-refractivity contribution in [1.29, 1.82) is 0 Å². The Morgan fingerprint density at radius 1 is 0.456 bits per heavy atom. The Bertz CT molecular complexity index is 2970. The van der Waals surface area contributed by atoms with Crippen molar-refractivity contribution in [3.8, 4) is 22.3 Å². The summed E-state index contributed by atoms with van der Waals surface area (Å²) in [5, 5.41) is 5.20. The molecule has 9 aromatic rings. The number of thiophene rings is 1. The topological polar surface area (TPSA) is 3.24 Å². The fourth-order valence-electron chi connectivity index (χ4n) is 10.1. The van der Waals surface area contributed by atoms with Crippen molar-refractivity contribution in [2.24, 2.45) is 0 Å². The van der Waals surface area contributed by atoms with E-state index in [4.69, 9.17) is 0 Å². The van der Waals surface area contributed by atoms with Crippen LogP contribution in [0.1, 0.15) is 74.9 Å². The van der Waals surface area contributed by atoms with E-state index in [9.17, 15) is 0 Å². The minimum absolute atomic E-state index is 0.0479. The third kappa shape index (κ3) is 4.80. The van der Waals surface area contributed by atoms with E-state index in [0.717, 1.165) is 11.4 Å². The molecule has 1 nitrogen and oxygen atoms in total. The Morgan fingerprint density at radius 3 is 1.58 bits per heavy atom. The van der Waals surface area contributed by atoms with Gasteiger partial charge in [0.15, 0.2) is 0 Å². The highest BCUT2D eigenvalue weighted by molar-refractivity contribution is 7.26. The number of anilines is 3. The molecule has 0 fully saturated rings. The number of nitrogens with zero attached hydrogens (tertiary/aromatic N) is 1. The van der Waals surface area contributed by atoms with E-state index >= 15 is 0 Å². The minimum atomic E-state index is -0.487. The molecule has 11 rings (SSSR count). The van der Waals surface area contributed by atoms with Gasteiger partial charge in [-0.1, -0.05) is 169 Å². The van der Waals surface area contributed by atoms with Gasteiger partial charge in [0.05, 0.1) is 11.1 Å². The van der Waals surface area contributed by atoms with Crippen molar-refractivity contribution in [3.63, 3.8) is 0 Å². The molecule has 0 radical (unpaired) electrons. The lowest BCUT2D eigenvalue weighted by Gasteiger charge is -2.33. The van der Waals surface area contributed by atoms with Gasteiger partial charge in [-0.3, -0.25) is 0 Å². The van der Waals surface area contributed by atoms with E-state index in [1.54, 1.807) is 0 Å². The highest BCUT2D eigenvalue weighted by Gasteiger charge is 2.53. The highest BCUT2D eigenvalue weighted by atomic mass is 32.1. The summed E-state index contributed by atoms with van der Waals surface area (Å²) in [7, 11) is 0. The SMILES string of the molecule is CC(C)(C)c1ccc(N(c2ccc(C(C)(C)C)cc2)c2cc3c(c4sc5ccccc5c24)-c2c(ccc4ccccc24)C32c3ccccc3-c3ccccc32)cc1. The Morgan fingerprint density at radius 2 is 0.982 bits per heavy atom. The quantitative estimate of drug-likeness (QED) is 0.174. The zero-order valence-electron chi connectivity index (χ0n) is 33.4. The second kappa shape index (κ2) is 12.0. The molecule has 0 N–H and O–H groups in total. The fraction of sp³-hybridized carbons (Fsp3) is 0.164. The second-order valence-electron chi connectivity index (χ2n) is 18.1. The molecule has 0 bridgehead atoms. The predicted molar refractivity (Wildman–Crippen MR) is 245 cm³/mol. The maximum absolute atomic E-state index is 2.60. The van der Waals surface area contributed by atoms with Gasteiger partial charge in [-0.2, -0.15) is 0 Å². The molecule has 57 heavy (non-hydrogen) atoms. The molecule has 0 aliphatic heterocycles. The number of rotatable bonds is 3. The smallest absolute Gasteiger partial charge is 0.0727 e. The van der Waals surface area contributed by atoms with Gasteiger partial charge in [0.1, 0.15) is 0 Å². The molecule has 2 heteroatoms. The van der Waals surface area contributed by atoms with E-state index in [2.05, 4.69) is 210 Å². The lowest BCUT2D eigenvalue weighted by Crippen LogP contribution is -2.26. The van der Waals surface area contributed by atoms with Crippen molar-refractivity contribution in [1.82, 2.24) is 0 Å². The average Bonchev–Trinajstić information content (AvgIpc) is 3.85. The summed E-state index contributed by atoms with van der Waals surface area (Å²) in [4.78, 5) is 2.54. The summed E-state index contributed by atoms with van der Waals surface area (Å²) in [6, 6.07) is 62.5. The second-order valence-corrected chi connectivity index (χ2v) is 19.2. The standard InChI is InChI=1S/C55H45NS/c1-53(2,3)35-24-28-37(29-25-35)56(38-30-26-36(27-31-38)54(4,5)6)47-33-46-51(52-50(47)42-19-11-14-22-48(42)57-52)49-39-16-8-7-15-34(39)23-32-45(49)55(46)43-20-12-9-17-40(43)41-18-10-13-21-44(41)55/h7-33H,1-6H3. The van der Waals surface area contributed by atoms with E-state index in [-0.39, 0.29) is 10.8 Å². The van der Waals surface area contributed by atoms with Gasteiger partial charge in [0.25, 0.3) is 0 Å². The summed E-state index contributed by atoms with van der Waals surface area (Å²) < 4.78 is 2.66. The van der Waals surface area contributed by atoms with Crippen LogP contribution >= 0.6 is 11.3 Å². The third-order valence-corrected chi connectivity index (χ3v) is 14.0. The molecule has 2 aliphatic carbocycles. The van der Waals surface area contributed by atoms with Crippen molar-refractivity contribution >= 4 is 59.3 Å². The lowest BCUT2D eigenvalue weighted by atomic mass is 9.70. The maximum atomic E-state index is 2.60. The molecule has 1 aromatic heterocycles. The Hall–Kier alpha value is -5.96. The number of fused-ring (bicyclic) bond motifs is 16. The van der Waals surface area contributed by atoms with E-state index < -0.39 is 5.41 Å². The summed E-state index contributed by atoms with van der Waals surface area (Å²) >= 11 is 1.95. The van der Waals surface area contributed by atoms with Gasteiger partial charge in [0, 0.05) is 37.1 Å². The normalized spacial score (nSPS) is 13.9. The summed E-state index contributed by atoms with van der Waals surface area (Å²) in [5.41, 5.74) is 16.7. The van der Waals surface area contributed by atoms with Crippen LogP contribution < -0.4 is 4.90 Å². The molecule has 8 aromatic carbocycles. The third-order valence-electron chi connectivity index (χ3n) is 12.8. The van der Waals surface area contributed by atoms with Crippen LogP contribution in [0.4, 0.5) is 17.1 Å². The first-order valence-corrected chi connectivity index (χ1v) is 21.1. The first-order valence-electron chi connectivity index (χ1n) is 20.3. The van der Waals surface area contributed by atoms with E-state index in [1.165, 1.54) is 92.3 Å². The molecule has 1 spiro atoms. The van der Waals surface area contributed by atoms with Gasteiger partial charge in [-0.15, -0.1) is 11.3 Å².